The van der Waals surface area contributed by atoms with E-state index in [0.717, 1.165) is 0 Å². The van der Waals surface area contributed by atoms with Crippen molar-refractivity contribution in [3.05, 3.63) is 0 Å². The van der Waals surface area contributed by atoms with Gasteiger partial charge in [-0.05, 0) is 48.5 Å². The summed E-state index contributed by atoms with van der Waals surface area (Å²) in [5.41, 5.74) is -1.32. The molecule has 0 saturated carbocycles. The van der Waals surface area contributed by atoms with Crippen LogP contribution in [0.5, 0.6) is 0 Å². The average molecular weight is 710 g/mol. The van der Waals surface area contributed by atoms with Gasteiger partial charge in [0, 0.05) is 13.0 Å². The summed E-state index contributed by atoms with van der Waals surface area (Å²) >= 11 is 9.69. The number of ether oxygens (including phenoxy) is 4. The highest BCUT2D eigenvalue weighted by Crippen LogP contribution is 2.27. The fraction of sp³-hybridized carbons (Fsp3) is 0.783. The zero-order valence-electron chi connectivity index (χ0n) is 21.8. The van der Waals surface area contributed by atoms with E-state index in [1.807, 2.05) is 0 Å². The minimum atomic E-state index is -1.32. The lowest BCUT2D eigenvalue weighted by Gasteiger charge is -2.34. The van der Waals surface area contributed by atoms with Crippen LogP contribution in [0, 0.1) is 5.41 Å². The Morgan fingerprint density at radius 1 is 0.667 bits per heavy atom. The summed E-state index contributed by atoms with van der Waals surface area (Å²) in [7, 11) is 0. The van der Waals surface area contributed by atoms with E-state index in [1.54, 1.807) is 41.5 Å². The van der Waals surface area contributed by atoms with Gasteiger partial charge in [0.15, 0.2) is 0 Å². The van der Waals surface area contributed by atoms with Crippen molar-refractivity contribution in [2.24, 2.45) is 5.41 Å². The molecule has 0 heterocycles. The molecule has 1 N–H and O–H groups in total. The number of carbonyl (C=O) groups is 5. The Kier molecular flexibility index (Phi) is 14.3. The van der Waals surface area contributed by atoms with Crippen molar-refractivity contribution in [2.75, 3.05) is 39.6 Å². The molecule has 0 aromatic heterocycles. The fourth-order valence-corrected chi connectivity index (χ4v) is 2.55. The van der Waals surface area contributed by atoms with Crippen molar-refractivity contribution >= 4 is 77.4 Å². The number of amides is 1. The van der Waals surface area contributed by atoms with Crippen LogP contribution in [0.1, 0.15) is 54.9 Å². The molecule has 208 valence electrons. The summed E-state index contributed by atoms with van der Waals surface area (Å²) in [5.74, 6) is -2.35. The van der Waals surface area contributed by atoms with Gasteiger partial charge in [-0.15, -0.1) is 0 Å². The molecule has 0 aromatic carbocycles. The number of rotatable bonds is 16. The quantitative estimate of drug-likeness (QED) is 0.146. The molecule has 0 atom stereocenters. The molecule has 13 heteroatoms. The maximum absolute atomic E-state index is 12.4. The van der Waals surface area contributed by atoms with Crippen LogP contribution in [0.3, 0.4) is 0 Å². The van der Waals surface area contributed by atoms with Gasteiger partial charge in [-0.25, -0.2) is 0 Å². The van der Waals surface area contributed by atoms with Gasteiger partial charge in [0.1, 0.15) is 45.2 Å². The summed E-state index contributed by atoms with van der Waals surface area (Å²) in [5, 5.41) is 2.55. The van der Waals surface area contributed by atoms with Crippen LogP contribution < -0.4 is 5.32 Å². The molecule has 0 bridgehead atoms. The Morgan fingerprint density at radius 3 is 1.33 bits per heavy atom. The molecule has 0 aromatic rings. The minimum absolute atomic E-state index is 0.0696. The van der Waals surface area contributed by atoms with E-state index in [0.29, 0.717) is 0 Å². The van der Waals surface area contributed by atoms with Crippen molar-refractivity contribution in [2.45, 2.75) is 67.9 Å². The standard InChI is InChI=1S/C23H36Br3NO9/c1-15(28)8-9-27-16(29)10-33-11-23(12-34-17(30)20(2,3)24,13-35-18(31)21(4,5)25)14-36-19(32)22(6,7)26/h8-14H2,1-7H3,(H,27,29). The number of hydrogen-bond donors (Lipinski definition) is 1. The Hall–Kier alpha value is -1.05. The highest BCUT2D eigenvalue weighted by molar-refractivity contribution is 9.10. The van der Waals surface area contributed by atoms with Gasteiger partial charge in [0.2, 0.25) is 5.91 Å². The summed E-state index contributed by atoms with van der Waals surface area (Å²) in [6.07, 6.45) is 0.185. The number of ketones is 1. The molecule has 0 radical (unpaired) electrons. The van der Waals surface area contributed by atoms with E-state index in [2.05, 4.69) is 53.1 Å². The number of nitrogens with one attached hydrogen (secondary N) is 1. The second-order valence-electron chi connectivity index (χ2n) is 9.94. The van der Waals surface area contributed by atoms with E-state index < -0.39 is 42.2 Å². The zero-order chi connectivity index (χ0) is 28.4. The molecule has 1 amide bonds. The van der Waals surface area contributed by atoms with Crippen LogP contribution in [-0.2, 0) is 42.9 Å². The molecule has 0 aliphatic rings. The normalized spacial score (nSPS) is 12.5. The maximum atomic E-state index is 12.4. The summed E-state index contributed by atoms with van der Waals surface area (Å²) in [6.45, 7) is 9.52. The summed E-state index contributed by atoms with van der Waals surface area (Å²) < 4.78 is 18.9. The number of esters is 3. The van der Waals surface area contributed by atoms with Crippen LogP contribution in [0.15, 0.2) is 0 Å². The molecule has 0 saturated heterocycles. The molecule has 0 aliphatic heterocycles. The largest absolute Gasteiger partial charge is 0.464 e. The van der Waals surface area contributed by atoms with E-state index in [1.165, 1.54) is 6.92 Å². The van der Waals surface area contributed by atoms with Gasteiger partial charge >= 0.3 is 17.9 Å². The van der Waals surface area contributed by atoms with E-state index in [-0.39, 0.29) is 51.8 Å². The molecule has 0 fully saturated rings. The third-order valence-corrected chi connectivity index (χ3v) is 5.40. The Morgan fingerprint density at radius 2 is 1.03 bits per heavy atom. The zero-order valence-corrected chi connectivity index (χ0v) is 26.5. The van der Waals surface area contributed by atoms with Crippen LogP contribution in [-0.4, -0.2) is 82.2 Å². The van der Waals surface area contributed by atoms with Gasteiger partial charge in [-0.1, -0.05) is 47.8 Å². The first-order chi connectivity index (χ1) is 16.2. The topological polar surface area (TPSA) is 134 Å². The monoisotopic (exact) mass is 707 g/mol. The van der Waals surface area contributed by atoms with Gasteiger partial charge in [-0.3, -0.25) is 24.0 Å². The van der Waals surface area contributed by atoms with E-state index in [9.17, 15) is 24.0 Å². The third-order valence-electron chi connectivity index (χ3n) is 4.43. The average Bonchev–Trinajstić information content (AvgIpc) is 2.71. The highest BCUT2D eigenvalue weighted by atomic mass is 79.9. The molecule has 0 spiro atoms. The Balaban J connectivity index is 5.73. The van der Waals surface area contributed by atoms with Crippen LogP contribution >= 0.6 is 47.8 Å². The minimum Gasteiger partial charge on any atom is -0.464 e. The first-order valence-corrected chi connectivity index (χ1v) is 13.5. The Labute approximate surface area is 237 Å². The number of Topliss-reactive ketones (excluding diaryl/α,β-unsaturated/α-hetero) is 1. The molecule has 36 heavy (non-hydrogen) atoms. The lowest BCUT2D eigenvalue weighted by molar-refractivity contribution is -0.170. The van der Waals surface area contributed by atoms with Crippen LogP contribution in [0.25, 0.3) is 0 Å². The second-order valence-corrected chi connectivity index (χ2v) is 15.9. The summed E-state index contributed by atoms with van der Waals surface area (Å²) in [6, 6.07) is 0. The molecule has 10 nitrogen and oxygen atoms in total. The van der Waals surface area contributed by atoms with E-state index in [4.69, 9.17) is 18.9 Å². The third kappa shape index (κ3) is 14.6. The van der Waals surface area contributed by atoms with Crippen molar-refractivity contribution in [1.82, 2.24) is 5.32 Å². The fourth-order valence-electron chi connectivity index (χ4n) is 2.21. The maximum Gasteiger partial charge on any atom is 0.322 e. The van der Waals surface area contributed by atoms with Gasteiger partial charge in [-0.2, -0.15) is 0 Å². The van der Waals surface area contributed by atoms with E-state index >= 15 is 0 Å². The number of halogens is 3. The van der Waals surface area contributed by atoms with Crippen molar-refractivity contribution in [3.63, 3.8) is 0 Å². The van der Waals surface area contributed by atoms with Gasteiger partial charge in [0.25, 0.3) is 0 Å². The van der Waals surface area contributed by atoms with Crippen molar-refractivity contribution in [3.8, 4) is 0 Å². The first kappa shape index (κ1) is 35.0. The van der Waals surface area contributed by atoms with Crippen molar-refractivity contribution < 1.29 is 42.9 Å². The highest BCUT2D eigenvalue weighted by Gasteiger charge is 2.40. The second kappa shape index (κ2) is 14.8. The molecule has 0 unspecified atom stereocenters. The lowest BCUT2D eigenvalue weighted by Crippen LogP contribution is -2.47. The molecular formula is C23H36Br3NO9. The number of alkyl halides is 3. The first-order valence-electron chi connectivity index (χ1n) is 11.1. The smallest absolute Gasteiger partial charge is 0.322 e. The molecule has 0 rings (SSSR count). The Bertz CT molecular complexity index is 722. The summed E-state index contributed by atoms with van der Waals surface area (Å²) in [4.78, 5) is 60.4. The number of carbonyl (C=O) groups excluding carboxylic acids is 5. The number of hydrogen-bond acceptors (Lipinski definition) is 9. The molecule has 0 aliphatic carbocycles. The van der Waals surface area contributed by atoms with Crippen LogP contribution in [0.2, 0.25) is 0 Å². The predicted octanol–water partition coefficient (Wildman–Crippen LogP) is 3.23. The van der Waals surface area contributed by atoms with Gasteiger partial charge in [0.05, 0.1) is 12.0 Å². The van der Waals surface area contributed by atoms with Crippen molar-refractivity contribution in [1.29, 1.82) is 0 Å². The lowest BCUT2D eigenvalue weighted by atomic mass is 9.92. The SMILES string of the molecule is CC(=O)CCNC(=O)COCC(COC(=O)C(C)(C)Br)(COC(=O)C(C)(C)Br)COC(=O)C(C)(C)Br. The molecular weight excluding hydrogens is 674 g/mol. The predicted molar refractivity (Wildman–Crippen MR) is 143 cm³/mol. The van der Waals surface area contributed by atoms with Gasteiger partial charge < -0.3 is 24.3 Å². The van der Waals surface area contributed by atoms with Crippen LogP contribution in [0.4, 0.5) is 0 Å².